The second-order valence-electron chi connectivity index (χ2n) is 3.77. The van der Waals surface area contributed by atoms with E-state index in [1.54, 1.807) is 37.3 Å². The van der Waals surface area contributed by atoms with Gasteiger partial charge >= 0.3 is 0 Å². The Hall–Kier alpha value is -1.87. The molecule has 0 saturated carbocycles. The Labute approximate surface area is 99.3 Å². The molecule has 2 aromatic rings. The second kappa shape index (κ2) is 4.97. The number of aliphatic hydroxyl groups excluding tert-OH is 1. The lowest BCUT2D eigenvalue weighted by Gasteiger charge is -2.12. The molecular formula is C14H13FO2. The van der Waals surface area contributed by atoms with Crippen LogP contribution < -0.4 is 4.74 Å². The van der Waals surface area contributed by atoms with Crippen LogP contribution in [0.15, 0.2) is 48.5 Å². The van der Waals surface area contributed by atoms with Crippen molar-refractivity contribution < 1.29 is 14.2 Å². The third-order valence-electron chi connectivity index (χ3n) is 2.39. The molecule has 0 aromatic heterocycles. The molecule has 0 unspecified atom stereocenters. The van der Waals surface area contributed by atoms with Crippen molar-refractivity contribution in [3.05, 3.63) is 59.9 Å². The van der Waals surface area contributed by atoms with E-state index < -0.39 is 6.10 Å². The van der Waals surface area contributed by atoms with Crippen molar-refractivity contribution in [1.29, 1.82) is 0 Å². The van der Waals surface area contributed by atoms with Gasteiger partial charge in [-0.05, 0) is 25.1 Å². The molecule has 17 heavy (non-hydrogen) atoms. The van der Waals surface area contributed by atoms with Crippen LogP contribution >= 0.6 is 0 Å². The fourth-order valence-corrected chi connectivity index (χ4v) is 1.58. The quantitative estimate of drug-likeness (QED) is 0.874. The van der Waals surface area contributed by atoms with Crippen LogP contribution in [0.5, 0.6) is 11.5 Å². The largest absolute Gasteiger partial charge is 0.457 e. The summed E-state index contributed by atoms with van der Waals surface area (Å²) in [6.07, 6.45) is -0.625. The number of rotatable bonds is 3. The van der Waals surface area contributed by atoms with E-state index in [1.807, 2.05) is 6.07 Å². The summed E-state index contributed by atoms with van der Waals surface area (Å²) in [4.78, 5) is 0. The standard InChI is InChI=1S/C14H13FO2/c1-10(16)13-7-2-3-8-14(13)17-12-6-4-5-11(15)9-12/h2-10,16H,1H3/t10-/m1/s1. The van der Waals surface area contributed by atoms with E-state index in [-0.39, 0.29) is 5.82 Å². The number of hydrogen-bond donors (Lipinski definition) is 1. The highest BCUT2D eigenvalue weighted by molar-refractivity contribution is 5.38. The van der Waals surface area contributed by atoms with Crippen LogP contribution in [-0.2, 0) is 0 Å². The number of ether oxygens (including phenoxy) is 1. The van der Waals surface area contributed by atoms with Crippen LogP contribution in [0.3, 0.4) is 0 Å². The van der Waals surface area contributed by atoms with Crippen molar-refractivity contribution >= 4 is 0 Å². The zero-order valence-electron chi connectivity index (χ0n) is 9.43. The molecule has 3 heteroatoms. The molecule has 0 amide bonds. The second-order valence-corrected chi connectivity index (χ2v) is 3.77. The van der Waals surface area contributed by atoms with Crippen LogP contribution in [0.4, 0.5) is 4.39 Å². The van der Waals surface area contributed by atoms with E-state index in [4.69, 9.17) is 4.74 Å². The van der Waals surface area contributed by atoms with Crippen molar-refractivity contribution in [1.82, 2.24) is 0 Å². The van der Waals surface area contributed by atoms with Gasteiger partial charge in [0.25, 0.3) is 0 Å². The highest BCUT2D eigenvalue weighted by atomic mass is 19.1. The molecule has 0 heterocycles. The summed E-state index contributed by atoms with van der Waals surface area (Å²) in [6, 6.07) is 13.1. The maximum Gasteiger partial charge on any atom is 0.133 e. The van der Waals surface area contributed by atoms with Crippen molar-refractivity contribution in [2.75, 3.05) is 0 Å². The Kier molecular flexibility index (Phi) is 3.40. The molecule has 2 rings (SSSR count). The molecule has 0 saturated heterocycles. The summed E-state index contributed by atoms with van der Waals surface area (Å²) in [5.74, 6) is 0.600. The number of benzene rings is 2. The molecule has 0 aliphatic carbocycles. The number of para-hydroxylation sites is 1. The fourth-order valence-electron chi connectivity index (χ4n) is 1.58. The maximum absolute atomic E-state index is 13.0. The van der Waals surface area contributed by atoms with E-state index in [1.165, 1.54) is 12.1 Å². The first-order valence-electron chi connectivity index (χ1n) is 5.37. The topological polar surface area (TPSA) is 29.5 Å². The Morgan fingerprint density at radius 2 is 1.88 bits per heavy atom. The number of halogens is 1. The highest BCUT2D eigenvalue weighted by Gasteiger charge is 2.09. The first-order chi connectivity index (χ1) is 8.16. The summed E-state index contributed by atoms with van der Waals surface area (Å²) >= 11 is 0. The molecule has 88 valence electrons. The minimum absolute atomic E-state index is 0.350. The minimum Gasteiger partial charge on any atom is -0.457 e. The monoisotopic (exact) mass is 232 g/mol. The molecule has 2 aromatic carbocycles. The Bertz CT molecular complexity index is 509. The molecule has 0 aliphatic heterocycles. The van der Waals surface area contributed by atoms with Crippen LogP contribution in [0.25, 0.3) is 0 Å². The molecule has 0 bridgehead atoms. The molecule has 2 nitrogen and oxygen atoms in total. The van der Waals surface area contributed by atoms with Crippen molar-refractivity contribution in [2.45, 2.75) is 13.0 Å². The van der Waals surface area contributed by atoms with Gasteiger partial charge in [0.2, 0.25) is 0 Å². The SMILES string of the molecule is C[C@@H](O)c1ccccc1Oc1cccc(F)c1. The van der Waals surface area contributed by atoms with Crippen LogP contribution in [0, 0.1) is 5.82 Å². The van der Waals surface area contributed by atoms with Gasteiger partial charge in [-0.25, -0.2) is 4.39 Å². The fraction of sp³-hybridized carbons (Fsp3) is 0.143. The van der Waals surface area contributed by atoms with Crippen LogP contribution in [-0.4, -0.2) is 5.11 Å². The smallest absolute Gasteiger partial charge is 0.133 e. The minimum atomic E-state index is -0.625. The lowest BCUT2D eigenvalue weighted by Crippen LogP contribution is -1.95. The summed E-state index contributed by atoms with van der Waals surface area (Å²) in [6.45, 7) is 1.66. The zero-order chi connectivity index (χ0) is 12.3. The van der Waals surface area contributed by atoms with Gasteiger partial charge in [-0.2, -0.15) is 0 Å². The van der Waals surface area contributed by atoms with Crippen LogP contribution in [0.2, 0.25) is 0 Å². The Morgan fingerprint density at radius 3 is 2.59 bits per heavy atom. The number of aliphatic hydroxyl groups is 1. The lowest BCUT2D eigenvalue weighted by molar-refractivity contribution is 0.195. The molecule has 0 aliphatic rings. The molecule has 0 spiro atoms. The van der Waals surface area contributed by atoms with Crippen molar-refractivity contribution in [2.24, 2.45) is 0 Å². The summed E-state index contributed by atoms with van der Waals surface area (Å²) in [5.41, 5.74) is 0.678. The van der Waals surface area contributed by atoms with Crippen LogP contribution in [0.1, 0.15) is 18.6 Å². The summed E-state index contributed by atoms with van der Waals surface area (Å²) < 4.78 is 18.6. The molecule has 1 atom stereocenters. The molecule has 1 N–H and O–H groups in total. The zero-order valence-corrected chi connectivity index (χ0v) is 9.43. The summed E-state index contributed by atoms with van der Waals surface area (Å²) in [7, 11) is 0. The van der Waals surface area contributed by atoms with Gasteiger partial charge in [0, 0.05) is 11.6 Å². The van der Waals surface area contributed by atoms with Gasteiger partial charge in [0.1, 0.15) is 17.3 Å². The van der Waals surface area contributed by atoms with Gasteiger partial charge in [-0.15, -0.1) is 0 Å². The molecule has 0 radical (unpaired) electrons. The van der Waals surface area contributed by atoms with Gasteiger partial charge in [0.05, 0.1) is 6.10 Å². The van der Waals surface area contributed by atoms with Gasteiger partial charge in [-0.1, -0.05) is 24.3 Å². The third kappa shape index (κ3) is 2.82. The third-order valence-corrected chi connectivity index (χ3v) is 2.39. The van der Waals surface area contributed by atoms with Crippen molar-refractivity contribution in [3.8, 4) is 11.5 Å². The van der Waals surface area contributed by atoms with E-state index in [9.17, 15) is 9.50 Å². The summed E-state index contributed by atoms with van der Waals surface area (Å²) in [5, 5.41) is 9.58. The van der Waals surface area contributed by atoms with Crippen molar-refractivity contribution in [3.63, 3.8) is 0 Å². The molecule has 0 fully saturated rings. The maximum atomic E-state index is 13.0. The lowest BCUT2D eigenvalue weighted by atomic mass is 10.1. The normalized spacial score (nSPS) is 12.2. The first kappa shape index (κ1) is 11.6. The first-order valence-corrected chi connectivity index (χ1v) is 5.37. The van der Waals surface area contributed by atoms with E-state index in [0.29, 0.717) is 17.1 Å². The predicted molar refractivity (Wildman–Crippen MR) is 63.5 cm³/mol. The average molecular weight is 232 g/mol. The molecular weight excluding hydrogens is 219 g/mol. The number of hydrogen-bond acceptors (Lipinski definition) is 2. The van der Waals surface area contributed by atoms with E-state index in [0.717, 1.165) is 0 Å². The Morgan fingerprint density at radius 1 is 1.12 bits per heavy atom. The average Bonchev–Trinajstić information content (AvgIpc) is 2.29. The highest BCUT2D eigenvalue weighted by Crippen LogP contribution is 2.29. The van der Waals surface area contributed by atoms with Gasteiger partial charge in [0.15, 0.2) is 0 Å². The Balaban J connectivity index is 2.30. The van der Waals surface area contributed by atoms with E-state index in [2.05, 4.69) is 0 Å². The predicted octanol–water partition coefficient (Wildman–Crippen LogP) is 3.67. The van der Waals surface area contributed by atoms with Gasteiger partial charge < -0.3 is 9.84 Å². The van der Waals surface area contributed by atoms with E-state index >= 15 is 0 Å². The van der Waals surface area contributed by atoms with Gasteiger partial charge in [-0.3, -0.25) is 0 Å².